The predicted octanol–water partition coefficient (Wildman–Crippen LogP) is 3.37. The van der Waals surface area contributed by atoms with Gasteiger partial charge in [-0.25, -0.2) is 4.79 Å². The molecule has 2 fully saturated rings. The van der Waals surface area contributed by atoms with Crippen LogP contribution in [0.5, 0.6) is 0 Å². The minimum absolute atomic E-state index is 0. The Morgan fingerprint density at radius 3 is 2.43 bits per heavy atom. The first-order chi connectivity index (χ1) is 9.67. The molecule has 1 aromatic rings. The SMILES string of the molecule is Cl.O=C(Nc1ccc(Cl)cc1)N1CCC2(CCNC2)CC1. The number of likely N-dealkylation sites (tertiary alicyclic amines) is 1. The van der Waals surface area contributed by atoms with Crippen molar-refractivity contribution in [3.8, 4) is 0 Å². The van der Waals surface area contributed by atoms with Gasteiger partial charge in [0.05, 0.1) is 0 Å². The van der Waals surface area contributed by atoms with E-state index in [0.717, 1.165) is 44.7 Å². The van der Waals surface area contributed by atoms with E-state index in [-0.39, 0.29) is 18.4 Å². The van der Waals surface area contributed by atoms with Crippen LogP contribution in [0.25, 0.3) is 0 Å². The van der Waals surface area contributed by atoms with E-state index < -0.39 is 0 Å². The molecule has 21 heavy (non-hydrogen) atoms. The molecule has 2 aliphatic heterocycles. The molecule has 3 rings (SSSR count). The van der Waals surface area contributed by atoms with Gasteiger partial charge in [-0.1, -0.05) is 11.6 Å². The molecule has 1 spiro atoms. The first-order valence-corrected chi connectivity index (χ1v) is 7.57. The fourth-order valence-corrected chi connectivity index (χ4v) is 3.27. The average Bonchev–Trinajstić information content (AvgIpc) is 2.90. The molecule has 1 aromatic carbocycles. The summed E-state index contributed by atoms with van der Waals surface area (Å²) in [5.41, 5.74) is 1.24. The van der Waals surface area contributed by atoms with Gasteiger partial charge in [0, 0.05) is 30.3 Å². The standard InChI is InChI=1S/C15H20ClN3O.ClH/c16-12-1-3-13(4-2-12)18-14(20)19-9-6-15(7-10-19)5-8-17-11-15;/h1-4,17H,5-11H2,(H,18,20);1H. The van der Waals surface area contributed by atoms with Crippen LogP contribution in [0, 0.1) is 5.41 Å². The van der Waals surface area contributed by atoms with Crippen LogP contribution in [0.1, 0.15) is 19.3 Å². The lowest BCUT2D eigenvalue weighted by molar-refractivity contribution is 0.137. The van der Waals surface area contributed by atoms with Crippen molar-refractivity contribution >= 4 is 35.7 Å². The molecule has 0 unspecified atom stereocenters. The number of nitrogens with zero attached hydrogens (tertiary/aromatic N) is 1. The van der Waals surface area contributed by atoms with Gasteiger partial charge < -0.3 is 15.5 Å². The molecule has 0 saturated carbocycles. The molecule has 2 N–H and O–H groups in total. The Morgan fingerprint density at radius 1 is 1.19 bits per heavy atom. The second kappa shape index (κ2) is 6.86. The van der Waals surface area contributed by atoms with Crippen molar-refractivity contribution in [2.75, 3.05) is 31.5 Å². The number of rotatable bonds is 1. The summed E-state index contributed by atoms with van der Waals surface area (Å²) in [7, 11) is 0. The van der Waals surface area contributed by atoms with Crippen molar-refractivity contribution in [2.45, 2.75) is 19.3 Å². The molecular weight excluding hydrogens is 309 g/mol. The minimum atomic E-state index is -0.00636. The Balaban J connectivity index is 0.00000161. The lowest BCUT2D eigenvalue weighted by Gasteiger charge is -2.38. The van der Waals surface area contributed by atoms with E-state index in [9.17, 15) is 4.79 Å². The summed E-state index contributed by atoms with van der Waals surface area (Å²) in [5.74, 6) is 0. The number of benzene rings is 1. The van der Waals surface area contributed by atoms with Gasteiger partial charge in [-0.3, -0.25) is 0 Å². The van der Waals surface area contributed by atoms with Crippen molar-refractivity contribution in [2.24, 2.45) is 5.41 Å². The van der Waals surface area contributed by atoms with E-state index in [1.165, 1.54) is 6.42 Å². The van der Waals surface area contributed by atoms with E-state index in [1.54, 1.807) is 12.1 Å². The number of amides is 2. The van der Waals surface area contributed by atoms with E-state index in [1.807, 2.05) is 17.0 Å². The summed E-state index contributed by atoms with van der Waals surface area (Å²) in [5, 5.41) is 7.05. The molecule has 0 aliphatic carbocycles. The summed E-state index contributed by atoms with van der Waals surface area (Å²) >= 11 is 5.84. The van der Waals surface area contributed by atoms with Gasteiger partial charge in [0.15, 0.2) is 0 Å². The number of carbonyl (C=O) groups excluding carboxylic acids is 1. The van der Waals surface area contributed by atoms with Crippen molar-refractivity contribution in [1.82, 2.24) is 10.2 Å². The van der Waals surface area contributed by atoms with Crippen molar-refractivity contribution in [1.29, 1.82) is 0 Å². The van der Waals surface area contributed by atoms with E-state index in [2.05, 4.69) is 10.6 Å². The van der Waals surface area contributed by atoms with E-state index in [4.69, 9.17) is 11.6 Å². The van der Waals surface area contributed by atoms with Gasteiger partial charge >= 0.3 is 6.03 Å². The molecule has 4 nitrogen and oxygen atoms in total. The maximum Gasteiger partial charge on any atom is 0.321 e. The zero-order chi connectivity index (χ0) is 14.0. The number of anilines is 1. The summed E-state index contributed by atoms with van der Waals surface area (Å²) in [6.45, 7) is 3.93. The molecular formula is C15H21Cl2N3O. The van der Waals surface area contributed by atoms with Gasteiger partial charge in [-0.2, -0.15) is 0 Å². The maximum absolute atomic E-state index is 12.2. The highest BCUT2D eigenvalue weighted by atomic mass is 35.5. The third-order valence-electron chi connectivity index (χ3n) is 4.54. The lowest BCUT2D eigenvalue weighted by Crippen LogP contribution is -2.45. The average molecular weight is 330 g/mol. The van der Waals surface area contributed by atoms with Crippen LogP contribution in [0.4, 0.5) is 10.5 Å². The van der Waals surface area contributed by atoms with Gasteiger partial charge in [-0.15, -0.1) is 12.4 Å². The normalized spacial score (nSPS) is 20.1. The van der Waals surface area contributed by atoms with Crippen LogP contribution in [0.2, 0.25) is 5.02 Å². The molecule has 2 amide bonds. The molecule has 0 radical (unpaired) electrons. The van der Waals surface area contributed by atoms with Crippen LogP contribution in [-0.4, -0.2) is 37.1 Å². The minimum Gasteiger partial charge on any atom is -0.324 e. The quantitative estimate of drug-likeness (QED) is 0.829. The zero-order valence-electron chi connectivity index (χ0n) is 11.9. The van der Waals surface area contributed by atoms with Crippen LogP contribution in [0.3, 0.4) is 0 Å². The molecule has 0 aromatic heterocycles. The number of urea groups is 1. The monoisotopic (exact) mass is 329 g/mol. The molecule has 0 bridgehead atoms. The number of hydrogen-bond donors (Lipinski definition) is 2. The molecule has 2 saturated heterocycles. The van der Waals surface area contributed by atoms with E-state index >= 15 is 0 Å². The Labute approximate surface area is 136 Å². The summed E-state index contributed by atoms with van der Waals surface area (Å²) in [4.78, 5) is 14.1. The largest absolute Gasteiger partial charge is 0.324 e. The fraction of sp³-hybridized carbons (Fsp3) is 0.533. The Bertz CT molecular complexity index is 476. The van der Waals surface area contributed by atoms with Gasteiger partial charge in [0.2, 0.25) is 0 Å². The van der Waals surface area contributed by atoms with Crippen molar-refractivity contribution < 1.29 is 4.79 Å². The van der Waals surface area contributed by atoms with Crippen molar-refractivity contribution in [3.63, 3.8) is 0 Å². The first kappa shape index (κ1) is 16.4. The molecule has 2 aliphatic rings. The van der Waals surface area contributed by atoms with Gasteiger partial charge in [0.1, 0.15) is 0 Å². The summed E-state index contributed by atoms with van der Waals surface area (Å²) in [6, 6.07) is 7.21. The van der Waals surface area contributed by atoms with Gasteiger partial charge in [-0.05, 0) is 55.5 Å². The van der Waals surface area contributed by atoms with Gasteiger partial charge in [0.25, 0.3) is 0 Å². The highest BCUT2D eigenvalue weighted by Crippen LogP contribution is 2.36. The summed E-state index contributed by atoms with van der Waals surface area (Å²) < 4.78 is 0. The van der Waals surface area contributed by atoms with Crippen molar-refractivity contribution in [3.05, 3.63) is 29.3 Å². The Kier molecular flexibility index (Phi) is 5.36. The second-order valence-electron chi connectivity index (χ2n) is 5.85. The third kappa shape index (κ3) is 3.82. The lowest BCUT2D eigenvalue weighted by atomic mass is 9.78. The third-order valence-corrected chi connectivity index (χ3v) is 4.79. The molecule has 116 valence electrons. The second-order valence-corrected chi connectivity index (χ2v) is 6.29. The molecule has 6 heteroatoms. The zero-order valence-corrected chi connectivity index (χ0v) is 13.5. The molecule has 0 atom stereocenters. The van der Waals surface area contributed by atoms with Crippen LogP contribution >= 0.6 is 24.0 Å². The summed E-state index contributed by atoms with van der Waals surface area (Å²) in [6.07, 6.45) is 3.46. The van der Waals surface area contributed by atoms with Crippen LogP contribution < -0.4 is 10.6 Å². The first-order valence-electron chi connectivity index (χ1n) is 7.19. The van der Waals surface area contributed by atoms with Crippen LogP contribution in [-0.2, 0) is 0 Å². The topological polar surface area (TPSA) is 44.4 Å². The number of piperidine rings is 1. The highest BCUT2D eigenvalue weighted by molar-refractivity contribution is 6.30. The smallest absolute Gasteiger partial charge is 0.321 e. The van der Waals surface area contributed by atoms with E-state index in [0.29, 0.717) is 10.4 Å². The van der Waals surface area contributed by atoms with Crippen LogP contribution in [0.15, 0.2) is 24.3 Å². The Hall–Kier alpha value is -0.970. The number of carbonyl (C=O) groups is 1. The fourth-order valence-electron chi connectivity index (χ4n) is 3.14. The predicted molar refractivity (Wildman–Crippen MR) is 88.4 cm³/mol. The number of hydrogen-bond acceptors (Lipinski definition) is 2. The molecule has 2 heterocycles. The number of halogens is 2. The number of nitrogens with one attached hydrogen (secondary N) is 2. The highest BCUT2D eigenvalue weighted by Gasteiger charge is 2.37. The maximum atomic E-state index is 12.2. The Morgan fingerprint density at radius 2 is 1.86 bits per heavy atom.